The average molecular weight is 412 g/mol. The molecule has 1 aromatic rings. The number of nitrogens with zero attached hydrogens (tertiary/aromatic N) is 2. The molecule has 0 bridgehead atoms. The number of carbonyl (C=O) groups is 1. The second-order valence-corrected chi connectivity index (χ2v) is 8.39. The Morgan fingerprint density at radius 3 is 2.34 bits per heavy atom. The van der Waals surface area contributed by atoms with Gasteiger partial charge in [0.15, 0.2) is 5.41 Å². The minimum Gasteiger partial charge on any atom is -0.355 e. The van der Waals surface area contributed by atoms with Gasteiger partial charge < -0.3 is 10.2 Å². The number of carbonyl (C=O) groups excluding carboxylic acids is 1. The van der Waals surface area contributed by atoms with Crippen LogP contribution in [-0.4, -0.2) is 61.2 Å². The van der Waals surface area contributed by atoms with E-state index in [4.69, 9.17) is 0 Å². The van der Waals surface area contributed by atoms with E-state index in [-0.39, 0.29) is 19.5 Å². The van der Waals surface area contributed by atoms with Crippen molar-refractivity contribution < 1.29 is 18.0 Å². The van der Waals surface area contributed by atoms with Gasteiger partial charge in [0.05, 0.1) is 0 Å². The SMILES string of the molecule is O=C(NCCCN1CCCCCC1)C1(C(F)(F)F)CCN(Cc2ccccc2)C1. The van der Waals surface area contributed by atoms with Gasteiger partial charge in [-0.05, 0) is 57.4 Å². The Kier molecular flexibility index (Phi) is 7.57. The van der Waals surface area contributed by atoms with Crippen molar-refractivity contribution in [3.8, 4) is 0 Å². The Morgan fingerprint density at radius 1 is 1.00 bits per heavy atom. The summed E-state index contributed by atoms with van der Waals surface area (Å²) in [6.07, 6.45) is 0.825. The average Bonchev–Trinajstić information content (AvgIpc) is 2.96. The molecule has 2 heterocycles. The van der Waals surface area contributed by atoms with Crippen molar-refractivity contribution in [2.75, 3.05) is 39.3 Å². The van der Waals surface area contributed by atoms with E-state index >= 15 is 0 Å². The molecule has 0 saturated carbocycles. The zero-order valence-corrected chi connectivity index (χ0v) is 17.0. The first kappa shape index (κ1) is 22.1. The molecule has 2 aliphatic heterocycles. The third-order valence-corrected chi connectivity index (χ3v) is 6.21. The van der Waals surface area contributed by atoms with Crippen molar-refractivity contribution in [2.45, 2.75) is 51.2 Å². The van der Waals surface area contributed by atoms with Crippen molar-refractivity contribution in [1.29, 1.82) is 0 Å². The minimum absolute atomic E-state index is 0.179. The molecule has 1 atom stereocenters. The predicted octanol–water partition coefficient (Wildman–Crippen LogP) is 3.82. The lowest BCUT2D eigenvalue weighted by atomic mass is 9.85. The first-order valence-corrected chi connectivity index (χ1v) is 10.7. The van der Waals surface area contributed by atoms with Crippen LogP contribution >= 0.6 is 0 Å². The van der Waals surface area contributed by atoms with E-state index in [2.05, 4.69) is 10.2 Å². The summed E-state index contributed by atoms with van der Waals surface area (Å²) in [5, 5.41) is 2.60. The topological polar surface area (TPSA) is 35.6 Å². The van der Waals surface area contributed by atoms with E-state index in [9.17, 15) is 18.0 Å². The molecule has 1 amide bonds. The number of alkyl halides is 3. The highest BCUT2D eigenvalue weighted by atomic mass is 19.4. The summed E-state index contributed by atoms with van der Waals surface area (Å²) in [5.41, 5.74) is -1.34. The predicted molar refractivity (Wildman–Crippen MR) is 107 cm³/mol. The van der Waals surface area contributed by atoms with Crippen LogP contribution in [0.1, 0.15) is 44.1 Å². The standard InChI is InChI=1S/C22H32F3N3O/c23-22(24,25)21(11-16-28(18-21)17-19-9-4-3-5-10-19)20(29)26-12-8-15-27-13-6-1-2-7-14-27/h3-5,9-10H,1-2,6-8,11-18H2,(H,26,29). The van der Waals surface area contributed by atoms with Gasteiger partial charge in [0.1, 0.15) is 0 Å². The Bertz CT molecular complexity index is 644. The molecule has 1 N–H and O–H groups in total. The summed E-state index contributed by atoms with van der Waals surface area (Å²) in [6.45, 7) is 3.66. The molecule has 162 valence electrons. The Balaban J connectivity index is 1.52. The molecule has 0 aromatic heterocycles. The summed E-state index contributed by atoms with van der Waals surface area (Å²) in [7, 11) is 0. The molecule has 4 nitrogen and oxygen atoms in total. The van der Waals surface area contributed by atoms with Crippen LogP contribution in [0, 0.1) is 5.41 Å². The third kappa shape index (κ3) is 5.72. The van der Waals surface area contributed by atoms with E-state index in [0.29, 0.717) is 19.5 Å². The van der Waals surface area contributed by atoms with E-state index in [0.717, 1.165) is 25.2 Å². The van der Waals surface area contributed by atoms with Crippen molar-refractivity contribution >= 4 is 5.91 Å². The summed E-state index contributed by atoms with van der Waals surface area (Å²) in [6, 6.07) is 9.43. The van der Waals surface area contributed by atoms with Crippen LogP contribution in [0.15, 0.2) is 30.3 Å². The molecule has 7 heteroatoms. The fourth-order valence-corrected chi connectivity index (χ4v) is 4.44. The van der Waals surface area contributed by atoms with Crippen molar-refractivity contribution in [3.63, 3.8) is 0 Å². The lowest BCUT2D eigenvalue weighted by Crippen LogP contribution is -2.52. The van der Waals surface area contributed by atoms with Gasteiger partial charge in [0.2, 0.25) is 5.91 Å². The Labute approximate surface area is 171 Å². The molecule has 29 heavy (non-hydrogen) atoms. The number of benzene rings is 1. The van der Waals surface area contributed by atoms with Crippen molar-refractivity contribution in [2.24, 2.45) is 5.41 Å². The molecule has 2 saturated heterocycles. The van der Waals surface area contributed by atoms with Crippen LogP contribution < -0.4 is 5.32 Å². The van der Waals surface area contributed by atoms with Gasteiger partial charge in [0.25, 0.3) is 0 Å². The van der Waals surface area contributed by atoms with Gasteiger partial charge in [-0.2, -0.15) is 13.2 Å². The summed E-state index contributed by atoms with van der Waals surface area (Å²) in [5.74, 6) is -0.864. The highest BCUT2D eigenvalue weighted by Gasteiger charge is 2.62. The highest BCUT2D eigenvalue weighted by Crippen LogP contribution is 2.46. The molecular formula is C22H32F3N3O. The van der Waals surface area contributed by atoms with Crippen LogP contribution in [-0.2, 0) is 11.3 Å². The minimum atomic E-state index is -4.55. The quantitative estimate of drug-likeness (QED) is 0.693. The maximum atomic E-state index is 13.9. The lowest BCUT2D eigenvalue weighted by molar-refractivity contribution is -0.218. The highest BCUT2D eigenvalue weighted by molar-refractivity contribution is 5.84. The Hall–Kier alpha value is -1.60. The van der Waals surface area contributed by atoms with Gasteiger partial charge >= 0.3 is 6.18 Å². The molecular weight excluding hydrogens is 379 g/mol. The smallest absolute Gasteiger partial charge is 0.355 e. The number of hydrogen-bond acceptors (Lipinski definition) is 3. The van der Waals surface area contributed by atoms with E-state index < -0.39 is 17.5 Å². The molecule has 0 spiro atoms. The summed E-state index contributed by atoms with van der Waals surface area (Å²) >= 11 is 0. The second-order valence-electron chi connectivity index (χ2n) is 8.39. The number of rotatable bonds is 7. The van der Waals surface area contributed by atoms with Gasteiger partial charge in [-0.15, -0.1) is 0 Å². The molecule has 1 aromatic carbocycles. The van der Waals surface area contributed by atoms with E-state index in [1.807, 2.05) is 30.3 Å². The fraction of sp³-hybridized carbons (Fsp3) is 0.682. The lowest BCUT2D eigenvalue weighted by Gasteiger charge is -2.30. The second kappa shape index (κ2) is 9.94. The van der Waals surface area contributed by atoms with Crippen LogP contribution in [0.25, 0.3) is 0 Å². The van der Waals surface area contributed by atoms with E-state index in [1.54, 1.807) is 4.90 Å². The first-order valence-electron chi connectivity index (χ1n) is 10.7. The van der Waals surface area contributed by atoms with Crippen LogP contribution in [0.2, 0.25) is 0 Å². The molecule has 3 rings (SSSR count). The summed E-state index contributed by atoms with van der Waals surface area (Å²) in [4.78, 5) is 16.7. The number of nitrogens with one attached hydrogen (secondary N) is 1. The van der Waals surface area contributed by atoms with Crippen LogP contribution in [0.4, 0.5) is 13.2 Å². The van der Waals surface area contributed by atoms with Crippen LogP contribution in [0.5, 0.6) is 0 Å². The maximum Gasteiger partial charge on any atom is 0.404 e. The van der Waals surface area contributed by atoms with Crippen molar-refractivity contribution in [1.82, 2.24) is 15.1 Å². The molecule has 0 radical (unpaired) electrons. The largest absolute Gasteiger partial charge is 0.404 e. The van der Waals surface area contributed by atoms with Gasteiger partial charge in [0, 0.05) is 19.6 Å². The zero-order chi connectivity index (χ0) is 20.7. The van der Waals surface area contributed by atoms with Gasteiger partial charge in [-0.25, -0.2) is 0 Å². The maximum absolute atomic E-state index is 13.9. The third-order valence-electron chi connectivity index (χ3n) is 6.21. The molecule has 0 aliphatic carbocycles. The number of hydrogen-bond donors (Lipinski definition) is 1. The normalized spacial score (nSPS) is 24.4. The fourth-order valence-electron chi connectivity index (χ4n) is 4.44. The zero-order valence-electron chi connectivity index (χ0n) is 17.0. The summed E-state index contributed by atoms with van der Waals surface area (Å²) < 4.78 is 41.8. The Morgan fingerprint density at radius 2 is 1.69 bits per heavy atom. The van der Waals surface area contributed by atoms with Gasteiger partial charge in [-0.3, -0.25) is 9.69 Å². The van der Waals surface area contributed by atoms with Crippen molar-refractivity contribution in [3.05, 3.63) is 35.9 Å². The molecule has 2 fully saturated rings. The monoisotopic (exact) mass is 411 g/mol. The molecule has 2 aliphatic rings. The first-order chi connectivity index (χ1) is 13.9. The van der Waals surface area contributed by atoms with Gasteiger partial charge in [-0.1, -0.05) is 43.2 Å². The van der Waals surface area contributed by atoms with E-state index in [1.165, 1.54) is 25.7 Å². The molecule has 1 unspecified atom stereocenters. The number of halogens is 3. The van der Waals surface area contributed by atoms with Crippen LogP contribution in [0.3, 0.4) is 0 Å². The number of amides is 1. The number of likely N-dealkylation sites (tertiary alicyclic amines) is 2.